The molecule has 0 saturated heterocycles. The molecule has 0 aliphatic heterocycles. The highest BCUT2D eigenvalue weighted by molar-refractivity contribution is 5.81. The highest BCUT2D eigenvalue weighted by Gasteiger charge is 2.52. The summed E-state index contributed by atoms with van der Waals surface area (Å²) >= 11 is 0. The third-order valence-corrected chi connectivity index (χ3v) is 11.2. The van der Waals surface area contributed by atoms with E-state index in [1.165, 1.54) is 29.0 Å². The number of aliphatic hydroxyl groups excluding tert-OH is 2. The topological polar surface area (TPSA) is 210 Å². The summed E-state index contributed by atoms with van der Waals surface area (Å²) in [4.78, 5) is 17.9. The van der Waals surface area contributed by atoms with Crippen LogP contribution in [-0.4, -0.2) is 81.9 Å². The molecule has 5 atom stereocenters. The molecule has 15 nitrogen and oxygen atoms in total. The molecular formula is C38H45N13O2. The lowest BCUT2D eigenvalue weighted by molar-refractivity contribution is -0.0765. The summed E-state index contributed by atoms with van der Waals surface area (Å²) in [6, 6.07) is 14.7. The number of para-hydroxylation sites is 1. The lowest BCUT2D eigenvalue weighted by Gasteiger charge is -2.51. The molecule has 6 N–H and O–H groups in total. The van der Waals surface area contributed by atoms with Gasteiger partial charge in [0, 0.05) is 60.0 Å². The molecular weight excluding hydrogens is 671 g/mol. The molecule has 4 aromatic heterocycles. The van der Waals surface area contributed by atoms with Crippen LogP contribution >= 0.6 is 0 Å². The number of hydrogen-bond acceptors (Lipinski definition) is 13. The highest BCUT2D eigenvalue weighted by Crippen LogP contribution is 2.44. The molecule has 1 unspecified atom stereocenters. The minimum atomic E-state index is -0.566. The molecule has 53 heavy (non-hydrogen) atoms. The fourth-order valence-electron chi connectivity index (χ4n) is 7.28. The van der Waals surface area contributed by atoms with Crippen molar-refractivity contribution in [3.8, 4) is 12.1 Å². The maximum atomic E-state index is 11.0. The smallest absolute Gasteiger partial charge is 0.224 e. The van der Waals surface area contributed by atoms with Gasteiger partial charge in [0.1, 0.15) is 34.9 Å². The summed E-state index contributed by atoms with van der Waals surface area (Å²) in [5.74, 6) is 1.71. The van der Waals surface area contributed by atoms with Crippen LogP contribution in [0.15, 0.2) is 55.1 Å². The molecule has 0 radical (unpaired) electrons. The van der Waals surface area contributed by atoms with Crippen molar-refractivity contribution in [3.63, 3.8) is 0 Å². The number of rotatable bonds is 14. The van der Waals surface area contributed by atoms with Crippen LogP contribution in [-0.2, 0) is 19.5 Å². The van der Waals surface area contributed by atoms with Gasteiger partial charge in [0.2, 0.25) is 11.9 Å². The van der Waals surface area contributed by atoms with Gasteiger partial charge in [0.25, 0.3) is 0 Å². The molecule has 0 bridgehead atoms. The molecule has 7 rings (SSSR count). The lowest BCUT2D eigenvalue weighted by Crippen LogP contribution is -2.60. The number of fused-ring (bicyclic) bond motifs is 1. The van der Waals surface area contributed by atoms with Gasteiger partial charge in [-0.25, -0.2) is 9.97 Å². The number of benzene rings is 1. The summed E-state index contributed by atoms with van der Waals surface area (Å²) in [6.07, 6.45) is 7.58. The maximum Gasteiger partial charge on any atom is 0.224 e. The van der Waals surface area contributed by atoms with Gasteiger partial charge in [-0.15, -0.1) is 0 Å². The van der Waals surface area contributed by atoms with Crippen molar-refractivity contribution in [2.75, 3.05) is 34.4 Å². The Hall–Kier alpha value is -5.77. The van der Waals surface area contributed by atoms with Crippen LogP contribution in [0.25, 0.3) is 10.9 Å². The Kier molecular flexibility index (Phi) is 9.63. The molecule has 2 aliphatic rings. The molecule has 0 amide bonds. The van der Waals surface area contributed by atoms with E-state index < -0.39 is 17.6 Å². The van der Waals surface area contributed by atoms with Crippen LogP contribution in [0.3, 0.4) is 0 Å². The van der Waals surface area contributed by atoms with Gasteiger partial charge in [-0.05, 0) is 49.3 Å². The molecule has 15 heteroatoms. The van der Waals surface area contributed by atoms with E-state index in [-0.39, 0.29) is 17.5 Å². The summed E-state index contributed by atoms with van der Waals surface area (Å²) < 4.78 is 4.10. The Morgan fingerprint density at radius 2 is 1.51 bits per heavy atom. The first-order valence-corrected chi connectivity index (χ1v) is 18.0. The number of aromatic nitrogens is 7. The maximum absolute atomic E-state index is 11.0. The number of nitriles is 2. The van der Waals surface area contributed by atoms with Crippen molar-refractivity contribution in [1.29, 1.82) is 10.5 Å². The second-order valence-corrected chi connectivity index (χ2v) is 15.0. The zero-order valence-corrected chi connectivity index (χ0v) is 30.4. The van der Waals surface area contributed by atoms with Crippen molar-refractivity contribution < 1.29 is 10.2 Å². The average molecular weight is 716 g/mol. The Morgan fingerprint density at radius 1 is 0.868 bits per heavy atom. The fraction of sp³-hybridized carbons (Fsp3) is 0.447. The van der Waals surface area contributed by atoms with Crippen LogP contribution in [0.5, 0.6) is 0 Å². The van der Waals surface area contributed by atoms with Gasteiger partial charge in [0.05, 0.1) is 37.3 Å². The van der Waals surface area contributed by atoms with E-state index in [2.05, 4.69) is 88.1 Å². The van der Waals surface area contributed by atoms with E-state index in [0.717, 1.165) is 12.1 Å². The van der Waals surface area contributed by atoms with Gasteiger partial charge < -0.3 is 36.0 Å². The van der Waals surface area contributed by atoms with Crippen molar-refractivity contribution in [3.05, 3.63) is 77.5 Å². The second kappa shape index (κ2) is 14.3. The number of nitrogens with zero attached hydrogens (tertiary/aromatic N) is 9. The zero-order valence-electron chi connectivity index (χ0n) is 30.4. The summed E-state index contributed by atoms with van der Waals surface area (Å²) in [5, 5.41) is 59.5. The Labute approximate surface area is 308 Å². The van der Waals surface area contributed by atoms with Crippen molar-refractivity contribution in [1.82, 2.24) is 34.3 Å². The van der Waals surface area contributed by atoms with E-state index in [9.17, 15) is 20.7 Å². The van der Waals surface area contributed by atoms with E-state index in [1.807, 2.05) is 50.0 Å². The van der Waals surface area contributed by atoms with Crippen LogP contribution in [0.1, 0.15) is 56.0 Å². The number of anilines is 4. The van der Waals surface area contributed by atoms with E-state index in [4.69, 9.17) is 0 Å². The van der Waals surface area contributed by atoms with Gasteiger partial charge >= 0.3 is 0 Å². The minimum absolute atomic E-state index is 0.00422. The lowest BCUT2D eigenvalue weighted by atomic mass is 9.63. The number of nitrogens with one attached hydrogen (secondary N) is 4. The Morgan fingerprint density at radius 3 is 2.15 bits per heavy atom. The molecule has 2 aliphatic carbocycles. The van der Waals surface area contributed by atoms with Crippen LogP contribution in [0.4, 0.5) is 23.5 Å². The molecule has 0 spiro atoms. The second-order valence-electron chi connectivity index (χ2n) is 15.0. The summed E-state index contributed by atoms with van der Waals surface area (Å²) in [5.41, 5.74) is 3.15. The van der Waals surface area contributed by atoms with Gasteiger partial charge in [-0.1, -0.05) is 39.0 Å². The third-order valence-electron chi connectivity index (χ3n) is 11.2. The fourth-order valence-corrected chi connectivity index (χ4v) is 7.28. The van der Waals surface area contributed by atoms with Crippen LogP contribution < -0.4 is 21.3 Å². The summed E-state index contributed by atoms with van der Waals surface area (Å²) in [6.45, 7) is 10.4. The van der Waals surface area contributed by atoms with E-state index in [1.54, 1.807) is 0 Å². The molecule has 274 valence electrons. The molecule has 2 fully saturated rings. The number of aliphatic hydroxyl groups is 2. The minimum Gasteiger partial charge on any atom is -0.392 e. The first-order valence-electron chi connectivity index (χ1n) is 18.0. The predicted molar refractivity (Wildman–Crippen MR) is 201 cm³/mol. The van der Waals surface area contributed by atoms with Gasteiger partial charge in [-0.2, -0.15) is 25.6 Å². The van der Waals surface area contributed by atoms with Crippen LogP contribution in [0, 0.1) is 40.4 Å². The zero-order chi connectivity index (χ0) is 37.3. The normalized spacial score (nSPS) is 22.9. The quantitative estimate of drug-likeness (QED) is 0.0959. The molecule has 2 saturated carbocycles. The first-order chi connectivity index (χ1) is 25.5. The van der Waals surface area contributed by atoms with E-state index in [0.29, 0.717) is 73.6 Å². The molecule has 5 aromatic rings. The average Bonchev–Trinajstić information content (AvgIpc) is 3.74. The predicted octanol–water partition coefficient (Wildman–Crippen LogP) is 4.06. The monoisotopic (exact) mass is 715 g/mol. The van der Waals surface area contributed by atoms with E-state index >= 15 is 0 Å². The standard InChI is InChI=1S/C38H45N13O2/c1-23-13-25-7-5-6-8-28(25)51(23)12-11-42-36-44-20-27(17-40)34(49-36)47-30-15-32(53)38(30,4)22-50-21-24(18-45-50)9-10-41-35-43-19-26(16-39)33(48-35)46-29-14-31(52)37(29,2)3/h5-8,13,18-21,29-32,52-53H,9-12,14-15,22H2,1-4H3,(H2,41,43,46,48)(H2,42,44,47,49)/t29-,30-,31+,32+,38?/m1/s1. The largest absolute Gasteiger partial charge is 0.392 e. The first kappa shape index (κ1) is 35.6. The van der Waals surface area contributed by atoms with Crippen molar-refractivity contribution in [2.45, 2.75) is 84.3 Å². The summed E-state index contributed by atoms with van der Waals surface area (Å²) in [7, 11) is 0. The molecule has 4 heterocycles. The van der Waals surface area contributed by atoms with Crippen molar-refractivity contribution in [2.24, 2.45) is 10.8 Å². The number of hydrogen-bond donors (Lipinski definition) is 6. The van der Waals surface area contributed by atoms with Crippen molar-refractivity contribution >= 4 is 34.4 Å². The third kappa shape index (κ3) is 7.05. The van der Waals surface area contributed by atoms with Crippen LogP contribution in [0.2, 0.25) is 0 Å². The Bertz CT molecular complexity index is 2200. The SMILES string of the molecule is Cc1cc2ccccc2n1CCNc1ncc(C#N)c(N[C@@H]2C[C@H](O)C2(C)Cn2cc(CCNc3ncc(C#N)c(N[C@@H]4C[C@H](O)C4(C)C)n3)cn2)n1. The van der Waals surface area contributed by atoms with Gasteiger partial charge in [-0.3, -0.25) is 4.68 Å². The molecule has 1 aromatic carbocycles. The highest BCUT2D eigenvalue weighted by atomic mass is 16.3. The Balaban J connectivity index is 0.938. The van der Waals surface area contributed by atoms with Gasteiger partial charge in [0.15, 0.2) is 0 Å². The number of aryl methyl sites for hydroxylation is 1.